The fraction of sp³-hybridized carbons (Fsp3) is 0.417. The zero-order valence-electron chi connectivity index (χ0n) is 21.6. The molecule has 0 aliphatic heterocycles. The molecule has 37 heavy (non-hydrogen) atoms. The summed E-state index contributed by atoms with van der Waals surface area (Å²) >= 11 is 0. The number of anilines is 1. The molecular formula is C24H34N6O6S. The maximum Gasteiger partial charge on any atom is 0.275 e. The van der Waals surface area contributed by atoms with Gasteiger partial charge in [-0.3, -0.25) is 14.3 Å². The average molecular weight is 535 g/mol. The van der Waals surface area contributed by atoms with Gasteiger partial charge in [0.1, 0.15) is 18.8 Å². The van der Waals surface area contributed by atoms with Crippen LogP contribution in [0.25, 0.3) is 0 Å². The van der Waals surface area contributed by atoms with Gasteiger partial charge in [-0.25, -0.2) is 8.42 Å². The SMILES string of the molecule is CCO/C(=N\C(N)=N\OCCNC(=O)Cn1c(C)ccc(NS(=O)(=O)c2cccc(C)c2)c1=O)C(C)C. The van der Waals surface area contributed by atoms with Crippen molar-refractivity contribution >= 4 is 33.5 Å². The molecule has 0 atom stereocenters. The molecule has 0 spiro atoms. The van der Waals surface area contributed by atoms with Crippen molar-refractivity contribution in [3.8, 4) is 0 Å². The molecular weight excluding hydrogens is 500 g/mol. The maximum absolute atomic E-state index is 12.9. The van der Waals surface area contributed by atoms with E-state index in [1.165, 1.54) is 22.8 Å². The number of pyridine rings is 1. The zero-order chi connectivity index (χ0) is 27.6. The number of aryl methyl sites for hydroxylation is 2. The van der Waals surface area contributed by atoms with Crippen LogP contribution in [0.2, 0.25) is 0 Å². The van der Waals surface area contributed by atoms with E-state index in [1.54, 1.807) is 32.0 Å². The molecule has 0 fully saturated rings. The Kier molecular flexibility index (Phi) is 10.7. The Morgan fingerprint density at radius 1 is 1.19 bits per heavy atom. The molecule has 1 aromatic carbocycles. The van der Waals surface area contributed by atoms with E-state index in [0.717, 1.165) is 5.56 Å². The molecule has 2 rings (SSSR count). The van der Waals surface area contributed by atoms with Gasteiger partial charge < -0.3 is 25.2 Å². The number of benzene rings is 1. The Bertz CT molecular complexity index is 1320. The number of sulfonamides is 1. The average Bonchev–Trinajstić information content (AvgIpc) is 2.83. The predicted molar refractivity (Wildman–Crippen MR) is 142 cm³/mol. The van der Waals surface area contributed by atoms with Crippen LogP contribution in [-0.2, 0) is 30.9 Å². The van der Waals surface area contributed by atoms with E-state index in [2.05, 4.69) is 20.2 Å². The smallest absolute Gasteiger partial charge is 0.275 e. The molecule has 1 heterocycles. The molecule has 1 aromatic heterocycles. The standard InChI is InChI=1S/C24H34N6O6S/c1-6-35-22(16(2)3)27-24(25)28-36-13-12-26-21(31)15-30-18(5)10-11-20(23(30)32)29-37(33,34)19-9-7-8-17(4)14-19/h7-11,14,16,29H,6,12-13,15H2,1-5H3,(H2,25,28)(H,26,31)/b27-22-. The quantitative estimate of drug-likeness (QED) is 0.171. The van der Waals surface area contributed by atoms with Crippen LogP contribution in [0.5, 0.6) is 0 Å². The summed E-state index contributed by atoms with van der Waals surface area (Å²) in [6, 6.07) is 9.23. The minimum Gasteiger partial charge on any atom is -0.481 e. The number of aromatic nitrogens is 1. The van der Waals surface area contributed by atoms with Crippen molar-refractivity contribution in [2.24, 2.45) is 21.8 Å². The Balaban J connectivity index is 1.98. The van der Waals surface area contributed by atoms with Gasteiger partial charge >= 0.3 is 0 Å². The van der Waals surface area contributed by atoms with Gasteiger partial charge in [0.05, 0.1) is 18.0 Å². The van der Waals surface area contributed by atoms with Crippen LogP contribution >= 0.6 is 0 Å². The fourth-order valence-electron chi connectivity index (χ4n) is 3.09. The molecule has 0 saturated carbocycles. The molecule has 0 saturated heterocycles. The number of nitrogens with zero attached hydrogens (tertiary/aromatic N) is 3. The molecule has 0 aliphatic carbocycles. The first kappa shape index (κ1) is 29.4. The summed E-state index contributed by atoms with van der Waals surface area (Å²) in [5.74, 6) is -0.127. The van der Waals surface area contributed by atoms with Crippen molar-refractivity contribution in [3.63, 3.8) is 0 Å². The van der Waals surface area contributed by atoms with Gasteiger partial charge in [0.15, 0.2) is 5.90 Å². The van der Waals surface area contributed by atoms with E-state index in [4.69, 9.17) is 15.3 Å². The summed E-state index contributed by atoms with van der Waals surface area (Å²) in [5, 5.41) is 6.27. The van der Waals surface area contributed by atoms with Gasteiger partial charge in [0, 0.05) is 11.6 Å². The maximum atomic E-state index is 12.9. The summed E-state index contributed by atoms with van der Waals surface area (Å²) < 4.78 is 34.3. The highest BCUT2D eigenvalue weighted by atomic mass is 32.2. The van der Waals surface area contributed by atoms with Gasteiger partial charge in [0.25, 0.3) is 21.5 Å². The number of carbonyl (C=O) groups excluding carboxylic acids is 1. The molecule has 202 valence electrons. The van der Waals surface area contributed by atoms with E-state index in [1.807, 2.05) is 20.8 Å². The first-order valence-electron chi connectivity index (χ1n) is 11.7. The van der Waals surface area contributed by atoms with Crippen LogP contribution in [0.3, 0.4) is 0 Å². The third-order valence-corrected chi connectivity index (χ3v) is 6.29. The number of nitrogens with two attached hydrogens (primary N) is 1. The van der Waals surface area contributed by atoms with Gasteiger partial charge in [-0.2, -0.15) is 4.99 Å². The number of hydrogen-bond acceptors (Lipinski definition) is 7. The lowest BCUT2D eigenvalue weighted by atomic mass is 10.2. The molecule has 2 aromatic rings. The molecule has 4 N–H and O–H groups in total. The van der Waals surface area contributed by atoms with Gasteiger partial charge in [0.2, 0.25) is 5.91 Å². The lowest BCUT2D eigenvalue weighted by Crippen LogP contribution is -2.36. The summed E-state index contributed by atoms with van der Waals surface area (Å²) in [4.78, 5) is 34.5. The number of hydrogen-bond donors (Lipinski definition) is 3. The molecule has 0 aliphatic rings. The Morgan fingerprint density at radius 2 is 1.92 bits per heavy atom. The topological polar surface area (TPSA) is 166 Å². The third-order valence-electron chi connectivity index (χ3n) is 4.92. The van der Waals surface area contributed by atoms with Crippen LogP contribution in [0.15, 0.2) is 56.2 Å². The second kappa shape index (κ2) is 13.4. The minimum atomic E-state index is -3.98. The Labute approximate surface area is 216 Å². The zero-order valence-corrected chi connectivity index (χ0v) is 22.5. The van der Waals surface area contributed by atoms with Crippen LogP contribution in [0.4, 0.5) is 5.69 Å². The molecule has 12 nitrogen and oxygen atoms in total. The summed E-state index contributed by atoms with van der Waals surface area (Å²) in [6.07, 6.45) is 0. The van der Waals surface area contributed by atoms with Gasteiger partial charge in [-0.1, -0.05) is 26.0 Å². The highest BCUT2D eigenvalue weighted by Crippen LogP contribution is 2.15. The molecule has 0 bridgehead atoms. The van der Waals surface area contributed by atoms with Crippen LogP contribution in [0.1, 0.15) is 32.0 Å². The van der Waals surface area contributed by atoms with E-state index in [-0.39, 0.29) is 42.2 Å². The number of aliphatic imine (C=N–C) groups is 1. The largest absolute Gasteiger partial charge is 0.481 e. The first-order valence-corrected chi connectivity index (χ1v) is 13.2. The van der Waals surface area contributed by atoms with Crippen molar-refractivity contribution in [3.05, 3.63) is 58.0 Å². The third kappa shape index (κ3) is 8.94. The van der Waals surface area contributed by atoms with Gasteiger partial charge in [-0.15, -0.1) is 0 Å². The van der Waals surface area contributed by atoms with Crippen LogP contribution in [0, 0.1) is 19.8 Å². The van der Waals surface area contributed by atoms with Crippen molar-refractivity contribution in [1.82, 2.24) is 9.88 Å². The van der Waals surface area contributed by atoms with Crippen molar-refractivity contribution in [1.29, 1.82) is 0 Å². The van der Waals surface area contributed by atoms with E-state index in [9.17, 15) is 18.0 Å². The number of oxime groups is 1. The number of rotatable bonds is 11. The number of amides is 1. The monoisotopic (exact) mass is 534 g/mol. The second-order valence-corrected chi connectivity index (χ2v) is 10.1. The van der Waals surface area contributed by atoms with E-state index < -0.39 is 21.5 Å². The summed E-state index contributed by atoms with van der Waals surface area (Å²) in [6.45, 7) is 9.28. The van der Waals surface area contributed by atoms with Crippen molar-refractivity contribution < 1.29 is 22.8 Å². The highest BCUT2D eigenvalue weighted by molar-refractivity contribution is 7.92. The highest BCUT2D eigenvalue weighted by Gasteiger charge is 2.18. The lowest BCUT2D eigenvalue weighted by molar-refractivity contribution is -0.122. The lowest BCUT2D eigenvalue weighted by Gasteiger charge is -2.13. The van der Waals surface area contributed by atoms with Crippen LogP contribution < -0.4 is 21.3 Å². The Morgan fingerprint density at radius 3 is 2.57 bits per heavy atom. The molecule has 1 amide bonds. The van der Waals surface area contributed by atoms with E-state index in [0.29, 0.717) is 18.2 Å². The number of ether oxygens (including phenoxy) is 1. The van der Waals surface area contributed by atoms with Gasteiger partial charge in [-0.05, 0) is 55.8 Å². The Hall–Kier alpha value is -3.87. The minimum absolute atomic E-state index is 0.0117. The number of carbonyl (C=O) groups is 1. The normalized spacial score (nSPS) is 12.4. The van der Waals surface area contributed by atoms with Crippen LogP contribution in [-0.4, -0.2) is 50.5 Å². The van der Waals surface area contributed by atoms with Crippen molar-refractivity contribution in [2.45, 2.75) is 46.1 Å². The first-order chi connectivity index (χ1) is 17.4. The molecule has 13 heteroatoms. The summed E-state index contributed by atoms with van der Waals surface area (Å²) in [7, 11) is -3.98. The number of guanidine groups is 1. The fourth-order valence-corrected chi connectivity index (χ4v) is 4.25. The summed E-state index contributed by atoms with van der Waals surface area (Å²) in [5.41, 5.74) is 6.14. The molecule has 0 radical (unpaired) electrons. The number of nitrogens with one attached hydrogen (secondary N) is 2. The second-order valence-electron chi connectivity index (χ2n) is 8.37. The predicted octanol–water partition coefficient (Wildman–Crippen LogP) is 1.72. The van der Waals surface area contributed by atoms with E-state index >= 15 is 0 Å². The van der Waals surface area contributed by atoms with Crippen molar-refractivity contribution in [2.75, 3.05) is 24.5 Å². The molecule has 0 unspecified atom stereocenters.